The number of aliphatic hydroxyl groups excluding tert-OH is 2. The Morgan fingerprint density at radius 3 is 2.35 bits per heavy atom. The number of esters is 2. The summed E-state index contributed by atoms with van der Waals surface area (Å²) in [4.78, 5) is 36.7. The zero-order chi connectivity index (χ0) is 37.2. The summed E-state index contributed by atoms with van der Waals surface area (Å²) < 4.78 is 28.7. The van der Waals surface area contributed by atoms with E-state index in [-0.39, 0.29) is 29.9 Å². The number of rotatable bonds is 9. The molecule has 0 bridgehead atoms. The molecule has 2 heterocycles. The minimum absolute atomic E-state index is 0.0436. The maximum Gasteiger partial charge on any atom is 0.373 e. The van der Waals surface area contributed by atoms with E-state index in [0.29, 0.717) is 18.1 Å². The summed E-state index contributed by atoms with van der Waals surface area (Å²) in [6.07, 6.45) is 5.34. The van der Waals surface area contributed by atoms with Crippen LogP contribution in [0.1, 0.15) is 68.2 Å². The van der Waals surface area contributed by atoms with Crippen molar-refractivity contribution in [3.8, 4) is 0 Å². The van der Waals surface area contributed by atoms with Crippen molar-refractivity contribution in [1.82, 2.24) is 0 Å². The number of hydrogen-bond acceptors (Lipinski definition) is 11. The molecule has 0 amide bonds. The summed E-state index contributed by atoms with van der Waals surface area (Å²) in [7, 11) is 2.79. The number of aliphatic carboxylic acids is 1. The Hall–Kier alpha value is -3.29. The Labute approximate surface area is 290 Å². The van der Waals surface area contributed by atoms with Gasteiger partial charge in [0.05, 0.1) is 25.4 Å². The SMILES string of the molecule is COC1=CC(C)=CC(C)C(O)C(C)CC(C)=CC=CC(OC)C(C(C)C(O)C(C)C2(O)CC(OC(=O)C=CC(=O)O)C(C)C(C)O2)OC1=O. The minimum Gasteiger partial charge on any atom is -0.490 e. The predicted octanol–water partition coefficient (Wildman–Crippen LogP) is 4.25. The van der Waals surface area contributed by atoms with E-state index in [1.165, 1.54) is 20.3 Å². The fourth-order valence-electron chi connectivity index (χ4n) is 6.43. The highest BCUT2D eigenvalue weighted by molar-refractivity contribution is 5.90. The quantitative estimate of drug-likeness (QED) is 0.200. The monoisotopic (exact) mass is 692 g/mol. The standard InChI is InChI=1S/C37H56O12/c1-20-12-11-13-28(45-9)35(48-36(43)29(46-10)18-21(2)17-23(4)33(41)22(3)16-20)25(6)34(42)26(7)37(44)19-30(24(5)27(8)49-37)47-32(40)15-14-31(38)39/h11-15,17-18,22-28,30,33-35,41-42,44H,16,19H2,1-10H3,(H,38,39). The molecule has 2 aliphatic heterocycles. The highest BCUT2D eigenvalue weighted by atomic mass is 16.6. The Balaban J connectivity index is 2.49. The van der Waals surface area contributed by atoms with Gasteiger partial charge < -0.3 is 44.1 Å². The Bertz CT molecular complexity index is 1300. The largest absolute Gasteiger partial charge is 0.490 e. The van der Waals surface area contributed by atoms with Crippen LogP contribution in [0.15, 0.2) is 59.4 Å². The summed E-state index contributed by atoms with van der Waals surface area (Å²) in [5.41, 5.74) is 1.70. The molecule has 2 rings (SSSR count). The first-order chi connectivity index (χ1) is 22.8. The fraction of sp³-hybridized carbons (Fsp3) is 0.649. The van der Waals surface area contributed by atoms with E-state index in [2.05, 4.69) is 0 Å². The van der Waals surface area contributed by atoms with Crippen LogP contribution in [0.3, 0.4) is 0 Å². The van der Waals surface area contributed by atoms with Gasteiger partial charge in [-0.15, -0.1) is 0 Å². The van der Waals surface area contributed by atoms with Crippen LogP contribution in [0.5, 0.6) is 0 Å². The van der Waals surface area contributed by atoms with Crippen molar-refractivity contribution < 1.29 is 58.5 Å². The Morgan fingerprint density at radius 2 is 1.76 bits per heavy atom. The molecule has 12 heteroatoms. The summed E-state index contributed by atoms with van der Waals surface area (Å²) in [6.45, 7) is 14.4. The molecule has 12 unspecified atom stereocenters. The molecule has 0 radical (unpaired) electrons. The molecule has 4 N–H and O–H groups in total. The zero-order valence-corrected chi connectivity index (χ0v) is 30.4. The third-order valence-corrected chi connectivity index (χ3v) is 9.71. The smallest absolute Gasteiger partial charge is 0.373 e. The van der Waals surface area contributed by atoms with E-state index in [9.17, 15) is 29.7 Å². The summed E-state index contributed by atoms with van der Waals surface area (Å²) in [5, 5.41) is 43.3. The van der Waals surface area contributed by atoms with Gasteiger partial charge in [-0.3, -0.25) is 0 Å². The Morgan fingerprint density at radius 1 is 1.10 bits per heavy atom. The molecule has 0 aromatic rings. The van der Waals surface area contributed by atoms with Gasteiger partial charge >= 0.3 is 17.9 Å². The lowest BCUT2D eigenvalue weighted by Gasteiger charge is -2.48. The van der Waals surface area contributed by atoms with Crippen molar-refractivity contribution in [2.75, 3.05) is 14.2 Å². The maximum absolute atomic E-state index is 13.6. The zero-order valence-electron chi connectivity index (χ0n) is 30.4. The van der Waals surface area contributed by atoms with Crippen LogP contribution in [-0.4, -0.2) is 95.0 Å². The molecule has 49 heavy (non-hydrogen) atoms. The van der Waals surface area contributed by atoms with Gasteiger partial charge in [0.15, 0.2) is 5.79 Å². The second-order valence-electron chi connectivity index (χ2n) is 13.6. The van der Waals surface area contributed by atoms with Gasteiger partial charge in [0, 0.05) is 49.4 Å². The molecule has 1 saturated heterocycles. The number of allylic oxidation sites excluding steroid dienone is 5. The lowest BCUT2D eigenvalue weighted by molar-refractivity contribution is -0.319. The molecule has 0 aromatic carbocycles. The van der Waals surface area contributed by atoms with Crippen molar-refractivity contribution in [3.63, 3.8) is 0 Å². The van der Waals surface area contributed by atoms with Gasteiger partial charge in [-0.1, -0.05) is 70.1 Å². The van der Waals surface area contributed by atoms with Crippen LogP contribution in [-0.2, 0) is 38.1 Å². The van der Waals surface area contributed by atoms with Gasteiger partial charge in [-0.2, -0.15) is 0 Å². The lowest BCUT2D eigenvalue weighted by atomic mass is 9.77. The van der Waals surface area contributed by atoms with Gasteiger partial charge in [0.25, 0.3) is 0 Å². The van der Waals surface area contributed by atoms with E-state index in [4.69, 9.17) is 28.8 Å². The molecule has 276 valence electrons. The predicted molar refractivity (Wildman–Crippen MR) is 182 cm³/mol. The number of ether oxygens (including phenoxy) is 5. The van der Waals surface area contributed by atoms with Crippen LogP contribution < -0.4 is 0 Å². The second-order valence-corrected chi connectivity index (χ2v) is 13.6. The van der Waals surface area contributed by atoms with E-state index in [0.717, 1.165) is 11.6 Å². The van der Waals surface area contributed by atoms with E-state index >= 15 is 0 Å². The van der Waals surface area contributed by atoms with E-state index in [1.807, 2.05) is 32.9 Å². The van der Waals surface area contributed by atoms with Gasteiger partial charge in [0.2, 0.25) is 5.76 Å². The molecular formula is C37H56O12. The number of aliphatic hydroxyl groups is 3. The third kappa shape index (κ3) is 11.6. The Kier molecular flexibility index (Phi) is 15.9. The number of carbonyl (C=O) groups excluding carboxylic acids is 2. The van der Waals surface area contributed by atoms with Gasteiger partial charge in [0.1, 0.15) is 18.3 Å². The molecular weight excluding hydrogens is 636 g/mol. The first kappa shape index (κ1) is 41.9. The van der Waals surface area contributed by atoms with Crippen molar-refractivity contribution in [1.29, 1.82) is 0 Å². The van der Waals surface area contributed by atoms with Crippen molar-refractivity contribution in [3.05, 3.63) is 59.4 Å². The molecule has 2 aliphatic rings. The average Bonchev–Trinajstić information content (AvgIpc) is 3.03. The molecule has 12 nitrogen and oxygen atoms in total. The number of hydrogen-bond donors (Lipinski definition) is 4. The number of methoxy groups -OCH3 is 2. The number of carbonyl (C=O) groups is 3. The van der Waals surface area contributed by atoms with Crippen LogP contribution in [0.25, 0.3) is 0 Å². The average molecular weight is 693 g/mol. The maximum atomic E-state index is 13.6. The first-order valence-electron chi connectivity index (χ1n) is 16.7. The number of carboxylic acid groups (broad SMARTS) is 1. The lowest BCUT2D eigenvalue weighted by Crippen LogP contribution is -2.58. The first-order valence-corrected chi connectivity index (χ1v) is 16.7. The number of carboxylic acids is 1. The fourth-order valence-corrected chi connectivity index (χ4v) is 6.43. The second kappa shape index (κ2) is 18.6. The van der Waals surface area contributed by atoms with Crippen LogP contribution >= 0.6 is 0 Å². The topological polar surface area (TPSA) is 178 Å². The molecule has 0 aliphatic carbocycles. The third-order valence-electron chi connectivity index (χ3n) is 9.71. The minimum atomic E-state index is -1.97. The van der Waals surface area contributed by atoms with Crippen LogP contribution in [0.4, 0.5) is 0 Å². The van der Waals surface area contributed by atoms with Crippen molar-refractivity contribution in [2.45, 2.75) is 111 Å². The van der Waals surface area contributed by atoms with Crippen LogP contribution in [0, 0.1) is 29.6 Å². The molecule has 0 spiro atoms. The molecule has 12 atom stereocenters. The highest BCUT2D eigenvalue weighted by Gasteiger charge is 2.51. The molecule has 1 fully saturated rings. The van der Waals surface area contributed by atoms with Gasteiger partial charge in [-0.25, -0.2) is 14.4 Å². The summed E-state index contributed by atoms with van der Waals surface area (Å²) >= 11 is 0. The number of cyclic esters (lactones) is 1. The summed E-state index contributed by atoms with van der Waals surface area (Å²) in [6, 6.07) is 0. The normalized spacial score (nSPS) is 34.1. The molecule has 0 aromatic heterocycles. The highest BCUT2D eigenvalue weighted by Crippen LogP contribution is 2.41. The van der Waals surface area contributed by atoms with Crippen molar-refractivity contribution in [2.24, 2.45) is 29.6 Å². The molecule has 0 saturated carbocycles. The van der Waals surface area contributed by atoms with E-state index < -0.39 is 72.2 Å². The van der Waals surface area contributed by atoms with E-state index in [1.54, 1.807) is 46.8 Å². The van der Waals surface area contributed by atoms with Crippen LogP contribution in [0.2, 0.25) is 0 Å². The summed E-state index contributed by atoms with van der Waals surface area (Å²) in [5.74, 6) is -7.51. The van der Waals surface area contributed by atoms with Crippen molar-refractivity contribution >= 4 is 17.9 Å². The van der Waals surface area contributed by atoms with Gasteiger partial charge in [-0.05, 0) is 39.2 Å².